The molecule has 2 aliphatic heterocycles. The Labute approximate surface area is 226 Å². The number of hydrogen-bond donors (Lipinski definition) is 2. The molecule has 6 heteroatoms. The van der Waals surface area contributed by atoms with Crippen molar-refractivity contribution >= 4 is 11.8 Å². The topological polar surface area (TPSA) is 64.7 Å². The molecule has 0 atom stereocenters. The highest BCUT2D eigenvalue weighted by atomic mass is 16.2. The average Bonchev–Trinajstić information content (AvgIpc) is 2.96. The van der Waals surface area contributed by atoms with Crippen molar-refractivity contribution in [2.24, 2.45) is 0 Å². The van der Waals surface area contributed by atoms with Gasteiger partial charge in [0.1, 0.15) is 0 Å². The van der Waals surface area contributed by atoms with Crippen LogP contribution in [0.1, 0.15) is 57.5 Å². The lowest BCUT2D eigenvalue weighted by molar-refractivity contribution is 0.0897. The van der Waals surface area contributed by atoms with Gasteiger partial charge in [0.25, 0.3) is 11.8 Å². The van der Waals surface area contributed by atoms with Gasteiger partial charge in [0, 0.05) is 62.5 Å². The summed E-state index contributed by atoms with van der Waals surface area (Å²) in [5.74, 6) is -0.131. The third-order valence-electron chi connectivity index (χ3n) is 7.75. The van der Waals surface area contributed by atoms with Crippen molar-refractivity contribution in [3.05, 3.63) is 107 Å². The van der Waals surface area contributed by atoms with E-state index in [0.29, 0.717) is 11.1 Å². The Balaban J connectivity index is 1.03. The van der Waals surface area contributed by atoms with Crippen LogP contribution in [0.3, 0.4) is 0 Å². The number of amides is 2. The summed E-state index contributed by atoms with van der Waals surface area (Å²) in [5, 5.41) is 6.37. The summed E-state index contributed by atoms with van der Waals surface area (Å²) in [6, 6.07) is 28.5. The fourth-order valence-corrected chi connectivity index (χ4v) is 5.46. The maximum atomic E-state index is 12.8. The number of rotatable bonds is 8. The van der Waals surface area contributed by atoms with Gasteiger partial charge in [0.05, 0.1) is 0 Å². The molecule has 38 heavy (non-hydrogen) atoms. The van der Waals surface area contributed by atoms with Crippen molar-refractivity contribution in [2.45, 2.75) is 50.9 Å². The molecule has 0 bridgehead atoms. The molecule has 198 valence electrons. The number of benzene rings is 3. The fraction of sp³-hybridized carbons (Fsp3) is 0.375. The summed E-state index contributed by atoms with van der Waals surface area (Å²) in [4.78, 5) is 30.5. The van der Waals surface area contributed by atoms with Crippen LogP contribution < -0.4 is 10.6 Å². The zero-order chi connectivity index (χ0) is 26.2. The predicted octanol–water partition coefficient (Wildman–Crippen LogP) is 4.48. The van der Waals surface area contributed by atoms with Gasteiger partial charge in [-0.2, -0.15) is 0 Å². The first-order valence-electron chi connectivity index (χ1n) is 13.9. The van der Waals surface area contributed by atoms with Crippen molar-refractivity contribution in [2.75, 3.05) is 26.2 Å². The quantitative estimate of drug-likeness (QED) is 0.469. The Morgan fingerprint density at radius 3 is 1.24 bits per heavy atom. The SMILES string of the molecule is O=C(NC1CCN(Cc2ccccc2)CC1)c1ccc(C(=O)NC2CCN(Cc3ccccc3)CC2)cc1. The van der Waals surface area contributed by atoms with E-state index in [9.17, 15) is 9.59 Å². The van der Waals surface area contributed by atoms with Gasteiger partial charge in [-0.1, -0.05) is 60.7 Å². The van der Waals surface area contributed by atoms with E-state index < -0.39 is 0 Å². The molecular weight excluding hydrogens is 472 g/mol. The fourth-order valence-electron chi connectivity index (χ4n) is 5.46. The van der Waals surface area contributed by atoms with Gasteiger partial charge in [-0.15, -0.1) is 0 Å². The standard InChI is InChI=1S/C32H38N4O2/c37-31(33-29-15-19-35(20-16-29)23-25-7-3-1-4-8-25)27-11-13-28(14-12-27)32(38)34-30-17-21-36(22-18-30)24-26-9-5-2-6-10-26/h1-14,29-30H,15-24H2,(H,33,37)(H,34,38). The zero-order valence-electron chi connectivity index (χ0n) is 22.0. The third kappa shape index (κ3) is 7.30. The minimum absolute atomic E-state index is 0.0655. The second-order valence-corrected chi connectivity index (χ2v) is 10.6. The van der Waals surface area contributed by atoms with Crippen LogP contribution in [0.2, 0.25) is 0 Å². The molecule has 2 amide bonds. The van der Waals surface area contributed by atoms with Crippen LogP contribution in [-0.4, -0.2) is 59.9 Å². The summed E-state index contributed by atoms with van der Waals surface area (Å²) < 4.78 is 0. The predicted molar refractivity (Wildman–Crippen MR) is 151 cm³/mol. The van der Waals surface area contributed by atoms with Crippen molar-refractivity contribution in [1.29, 1.82) is 0 Å². The molecule has 2 saturated heterocycles. The van der Waals surface area contributed by atoms with E-state index in [0.717, 1.165) is 65.0 Å². The monoisotopic (exact) mass is 510 g/mol. The van der Waals surface area contributed by atoms with E-state index in [1.165, 1.54) is 11.1 Å². The smallest absolute Gasteiger partial charge is 0.251 e. The summed E-state index contributed by atoms with van der Waals surface area (Å²) in [6.45, 7) is 5.82. The number of nitrogens with one attached hydrogen (secondary N) is 2. The van der Waals surface area contributed by atoms with Gasteiger partial charge in [0.15, 0.2) is 0 Å². The van der Waals surface area contributed by atoms with E-state index in [4.69, 9.17) is 0 Å². The maximum Gasteiger partial charge on any atom is 0.251 e. The third-order valence-corrected chi connectivity index (χ3v) is 7.75. The Bertz CT molecular complexity index is 1070. The number of piperidine rings is 2. The molecule has 0 radical (unpaired) electrons. The summed E-state index contributed by atoms with van der Waals surface area (Å²) in [7, 11) is 0. The largest absolute Gasteiger partial charge is 0.349 e. The molecule has 0 spiro atoms. The molecular formula is C32H38N4O2. The van der Waals surface area contributed by atoms with Crippen LogP contribution in [0.4, 0.5) is 0 Å². The number of nitrogens with zero attached hydrogens (tertiary/aromatic N) is 2. The normalized spacial score (nSPS) is 17.7. The van der Waals surface area contributed by atoms with Crippen LogP contribution in [0, 0.1) is 0 Å². The molecule has 2 aliphatic rings. The Morgan fingerprint density at radius 1 is 0.553 bits per heavy atom. The molecule has 0 aliphatic carbocycles. The summed E-state index contributed by atoms with van der Waals surface area (Å²) in [5.41, 5.74) is 3.85. The molecule has 6 nitrogen and oxygen atoms in total. The molecule has 0 aromatic heterocycles. The first-order chi connectivity index (χ1) is 18.6. The van der Waals surface area contributed by atoms with Gasteiger partial charge < -0.3 is 10.6 Å². The van der Waals surface area contributed by atoms with Gasteiger partial charge in [0.2, 0.25) is 0 Å². The van der Waals surface area contributed by atoms with E-state index >= 15 is 0 Å². The van der Waals surface area contributed by atoms with E-state index in [-0.39, 0.29) is 23.9 Å². The highest BCUT2D eigenvalue weighted by Crippen LogP contribution is 2.16. The van der Waals surface area contributed by atoms with Gasteiger partial charge in [-0.3, -0.25) is 19.4 Å². The second kappa shape index (κ2) is 12.9. The molecule has 2 N–H and O–H groups in total. The van der Waals surface area contributed by atoms with Crippen LogP contribution >= 0.6 is 0 Å². The van der Waals surface area contributed by atoms with Crippen LogP contribution in [0.15, 0.2) is 84.9 Å². The molecule has 0 unspecified atom stereocenters. The maximum absolute atomic E-state index is 12.8. The Morgan fingerprint density at radius 2 is 0.895 bits per heavy atom. The van der Waals surface area contributed by atoms with Crippen LogP contribution in [0.25, 0.3) is 0 Å². The van der Waals surface area contributed by atoms with Crippen molar-refractivity contribution in [3.63, 3.8) is 0 Å². The number of carbonyl (C=O) groups is 2. The highest BCUT2D eigenvalue weighted by molar-refractivity contribution is 5.98. The Hall–Kier alpha value is -3.48. The summed E-state index contributed by atoms with van der Waals surface area (Å²) in [6.07, 6.45) is 3.79. The van der Waals surface area contributed by atoms with Gasteiger partial charge in [-0.25, -0.2) is 0 Å². The average molecular weight is 511 g/mol. The number of carbonyl (C=O) groups excluding carboxylic acids is 2. The molecule has 3 aromatic carbocycles. The van der Waals surface area contributed by atoms with Crippen LogP contribution in [-0.2, 0) is 13.1 Å². The van der Waals surface area contributed by atoms with E-state index in [1.54, 1.807) is 24.3 Å². The second-order valence-electron chi connectivity index (χ2n) is 10.6. The minimum Gasteiger partial charge on any atom is -0.349 e. The lowest BCUT2D eigenvalue weighted by atomic mass is 10.0. The van der Waals surface area contributed by atoms with Gasteiger partial charge >= 0.3 is 0 Å². The molecule has 5 rings (SSSR count). The van der Waals surface area contributed by atoms with Crippen molar-refractivity contribution in [1.82, 2.24) is 20.4 Å². The highest BCUT2D eigenvalue weighted by Gasteiger charge is 2.23. The van der Waals surface area contributed by atoms with Crippen LogP contribution in [0.5, 0.6) is 0 Å². The molecule has 3 aromatic rings. The number of likely N-dealkylation sites (tertiary alicyclic amines) is 2. The van der Waals surface area contributed by atoms with E-state index in [1.807, 2.05) is 12.1 Å². The van der Waals surface area contributed by atoms with Gasteiger partial charge in [-0.05, 0) is 61.1 Å². The molecule has 0 saturated carbocycles. The number of hydrogen-bond acceptors (Lipinski definition) is 4. The first kappa shape index (κ1) is 26.1. The molecule has 2 heterocycles. The van der Waals surface area contributed by atoms with Crippen molar-refractivity contribution < 1.29 is 9.59 Å². The van der Waals surface area contributed by atoms with Crippen molar-refractivity contribution in [3.8, 4) is 0 Å². The lowest BCUT2D eigenvalue weighted by Gasteiger charge is -2.32. The first-order valence-corrected chi connectivity index (χ1v) is 13.9. The lowest BCUT2D eigenvalue weighted by Crippen LogP contribution is -2.44. The molecule has 2 fully saturated rings. The Kier molecular flexibility index (Phi) is 8.84. The summed E-state index contributed by atoms with van der Waals surface area (Å²) >= 11 is 0. The minimum atomic E-state index is -0.0655. The van der Waals surface area contributed by atoms with E-state index in [2.05, 4.69) is 69.0 Å². The zero-order valence-corrected chi connectivity index (χ0v) is 22.0.